The molecule has 1 aromatic rings. The molecule has 0 atom stereocenters. The van der Waals surface area contributed by atoms with Crippen LogP contribution >= 0.6 is 0 Å². The predicted molar refractivity (Wildman–Crippen MR) is 71.9 cm³/mol. The van der Waals surface area contributed by atoms with Gasteiger partial charge in [0, 0.05) is 0 Å². The third-order valence-corrected chi connectivity index (χ3v) is 2.68. The number of hydrogen-bond donors (Lipinski definition) is 2. The SMILES string of the molecule is CCCCCCOC(=O)Nc1cc(C)cc(F)c1O. The number of carbonyl (C=O) groups is 1. The van der Waals surface area contributed by atoms with Gasteiger partial charge in [0.25, 0.3) is 0 Å². The normalized spacial score (nSPS) is 10.3. The molecule has 0 aliphatic carbocycles. The first-order chi connectivity index (χ1) is 9.04. The fourth-order valence-electron chi connectivity index (χ4n) is 1.67. The van der Waals surface area contributed by atoms with Gasteiger partial charge in [-0.25, -0.2) is 9.18 Å². The van der Waals surface area contributed by atoms with Gasteiger partial charge in [-0.3, -0.25) is 5.32 Å². The Morgan fingerprint density at radius 3 is 2.79 bits per heavy atom. The number of aryl methyl sites for hydroxylation is 1. The van der Waals surface area contributed by atoms with E-state index < -0.39 is 17.7 Å². The van der Waals surface area contributed by atoms with Crippen LogP contribution < -0.4 is 5.32 Å². The summed E-state index contributed by atoms with van der Waals surface area (Å²) in [7, 11) is 0. The minimum atomic E-state index is -0.766. The fourth-order valence-corrected chi connectivity index (χ4v) is 1.67. The lowest BCUT2D eigenvalue weighted by atomic mass is 10.2. The van der Waals surface area contributed by atoms with Crippen molar-refractivity contribution in [2.75, 3.05) is 11.9 Å². The molecule has 0 aliphatic rings. The van der Waals surface area contributed by atoms with Crippen molar-refractivity contribution >= 4 is 11.8 Å². The standard InChI is InChI=1S/C14H20FNO3/c1-3-4-5-6-7-19-14(18)16-12-9-10(2)8-11(15)13(12)17/h8-9,17H,3-7H2,1-2H3,(H,16,18). The first-order valence-electron chi connectivity index (χ1n) is 6.47. The van der Waals surface area contributed by atoms with E-state index in [9.17, 15) is 14.3 Å². The number of amides is 1. The van der Waals surface area contributed by atoms with Crippen molar-refractivity contribution < 1.29 is 19.0 Å². The zero-order valence-electron chi connectivity index (χ0n) is 11.3. The molecular formula is C14H20FNO3. The molecule has 0 fully saturated rings. The fraction of sp³-hybridized carbons (Fsp3) is 0.500. The molecule has 0 unspecified atom stereocenters. The number of unbranched alkanes of at least 4 members (excludes halogenated alkanes) is 3. The minimum absolute atomic E-state index is 0.0241. The molecule has 1 rings (SSSR count). The van der Waals surface area contributed by atoms with Crippen molar-refractivity contribution in [1.82, 2.24) is 0 Å². The Kier molecular flexibility index (Phi) is 6.12. The molecule has 0 aromatic heterocycles. The first-order valence-corrected chi connectivity index (χ1v) is 6.47. The highest BCUT2D eigenvalue weighted by molar-refractivity contribution is 5.86. The molecule has 0 saturated carbocycles. The van der Waals surface area contributed by atoms with Crippen LogP contribution in [0.25, 0.3) is 0 Å². The zero-order chi connectivity index (χ0) is 14.3. The number of ether oxygens (including phenoxy) is 1. The van der Waals surface area contributed by atoms with Gasteiger partial charge in [0.05, 0.1) is 12.3 Å². The van der Waals surface area contributed by atoms with Crippen LogP contribution in [-0.4, -0.2) is 17.8 Å². The van der Waals surface area contributed by atoms with Crippen LogP contribution in [0.3, 0.4) is 0 Å². The number of carbonyl (C=O) groups excluding carboxylic acids is 1. The van der Waals surface area contributed by atoms with Gasteiger partial charge in [-0.15, -0.1) is 0 Å². The Balaban J connectivity index is 2.44. The van der Waals surface area contributed by atoms with Gasteiger partial charge in [0.1, 0.15) is 0 Å². The van der Waals surface area contributed by atoms with Gasteiger partial charge < -0.3 is 9.84 Å². The monoisotopic (exact) mass is 269 g/mol. The van der Waals surface area contributed by atoms with Gasteiger partial charge in [0.15, 0.2) is 11.6 Å². The summed E-state index contributed by atoms with van der Waals surface area (Å²) in [6.07, 6.45) is 3.35. The Morgan fingerprint density at radius 2 is 2.11 bits per heavy atom. The van der Waals surface area contributed by atoms with E-state index in [2.05, 4.69) is 12.2 Å². The van der Waals surface area contributed by atoms with Crippen molar-refractivity contribution in [3.63, 3.8) is 0 Å². The summed E-state index contributed by atoms with van der Waals surface area (Å²) in [5.74, 6) is -1.34. The number of nitrogens with one attached hydrogen (secondary N) is 1. The number of phenolic OH excluding ortho intramolecular Hbond substituents is 1. The Hall–Kier alpha value is -1.78. The van der Waals surface area contributed by atoms with Gasteiger partial charge in [-0.2, -0.15) is 0 Å². The second kappa shape index (κ2) is 7.61. The average Bonchev–Trinajstić information content (AvgIpc) is 2.35. The van der Waals surface area contributed by atoms with E-state index in [-0.39, 0.29) is 5.69 Å². The van der Waals surface area contributed by atoms with Crippen LogP contribution in [0.4, 0.5) is 14.9 Å². The molecule has 1 aromatic carbocycles. The summed E-state index contributed by atoms with van der Waals surface area (Å²) in [5, 5.41) is 11.8. The third kappa shape index (κ3) is 5.16. The molecule has 4 nitrogen and oxygen atoms in total. The number of halogens is 1. The van der Waals surface area contributed by atoms with E-state index in [1.165, 1.54) is 12.1 Å². The first kappa shape index (κ1) is 15.3. The van der Waals surface area contributed by atoms with Crippen LogP contribution in [0.5, 0.6) is 5.75 Å². The number of anilines is 1. The topological polar surface area (TPSA) is 58.6 Å². The van der Waals surface area contributed by atoms with Gasteiger partial charge >= 0.3 is 6.09 Å². The van der Waals surface area contributed by atoms with Crippen LogP contribution in [0.15, 0.2) is 12.1 Å². The molecule has 5 heteroatoms. The van der Waals surface area contributed by atoms with Gasteiger partial charge in [-0.05, 0) is 31.0 Å². The Labute approximate surface area is 112 Å². The lowest BCUT2D eigenvalue weighted by molar-refractivity contribution is 0.159. The molecule has 1 amide bonds. The van der Waals surface area contributed by atoms with Crippen molar-refractivity contribution in [3.8, 4) is 5.75 Å². The lowest BCUT2D eigenvalue weighted by Gasteiger charge is -2.09. The number of rotatable bonds is 6. The van der Waals surface area contributed by atoms with E-state index >= 15 is 0 Å². The van der Waals surface area contributed by atoms with Crippen molar-refractivity contribution in [1.29, 1.82) is 0 Å². The summed E-state index contributed by atoms with van der Waals surface area (Å²) in [4.78, 5) is 11.5. The highest BCUT2D eigenvalue weighted by Gasteiger charge is 2.11. The predicted octanol–water partition coefficient (Wildman–Crippen LogP) is 3.97. The van der Waals surface area contributed by atoms with E-state index in [0.29, 0.717) is 12.2 Å². The number of benzene rings is 1. The highest BCUT2D eigenvalue weighted by atomic mass is 19.1. The Bertz CT molecular complexity index is 435. The van der Waals surface area contributed by atoms with Crippen molar-refractivity contribution in [3.05, 3.63) is 23.5 Å². The molecular weight excluding hydrogens is 249 g/mol. The molecule has 2 N–H and O–H groups in total. The van der Waals surface area contributed by atoms with Crippen molar-refractivity contribution in [2.45, 2.75) is 39.5 Å². The maximum atomic E-state index is 13.2. The smallest absolute Gasteiger partial charge is 0.411 e. The summed E-state index contributed by atoms with van der Waals surface area (Å²) in [6.45, 7) is 4.09. The largest absolute Gasteiger partial charge is 0.503 e. The minimum Gasteiger partial charge on any atom is -0.503 e. The van der Waals surface area contributed by atoms with Crippen molar-refractivity contribution in [2.24, 2.45) is 0 Å². The average molecular weight is 269 g/mol. The maximum Gasteiger partial charge on any atom is 0.411 e. The quantitative estimate of drug-likeness (QED) is 0.607. The van der Waals surface area contributed by atoms with Crippen LogP contribution in [0.2, 0.25) is 0 Å². The second-order valence-electron chi connectivity index (χ2n) is 4.46. The molecule has 0 heterocycles. The molecule has 0 aliphatic heterocycles. The van der Waals surface area contributed by atoms with E-state index in [4.69, 9.17) is 4.74 Å². The number of phenols is 1. The molecule has 106 valence electrons. The highest BCUT2D eigenvalue weighted by Crippen LogP contribution is 2.27. The van der Waals surface area contributed by atoms with Crippen LogP contribution in [0, 0.1) is 12.7 Å². The van der Waals surface area contributed by atoms with Gasteiger partial charge in [-0.1, -0.05) is 26.2 Å². The van der Waals surface area contributed by atoms with E-state index in [1.807, 2.05) is 0 Å². The second-order valence-corrected chi connectivity index (χ2v) is 4.46. The van der Waals surface area contributed by atoms with Gasteiger partial charge in [0.2, 0.25) is 0 Å². The number of hydrogen-bond acceptors (Lipinski definition) is 3. The molecule has 19 heavy (non-hydrogen) atoms. The molecule has 0 bridgehead atoms. The third-order valence-electron chi connectivity index (χ3n) is 2.68. The summed E-state index contributed by atoms with van der Waals surface area (Å²) >= 11 is 0. The van der Waals surface area contributed by atoms with E-state index in [1.54, 1.807) is 6.92 Å². The molecule has 0 spiro atoms. The Morgan fingerprint density at radius 1 is 1.37 bits per heavy atom. The van der Waals surface area contributed by atoms with E-state index in [0.717, 1.165) is 25.7 Å². The maximum absolute atomic E-state index is 13.2. The molecule has 0 radical (unpaired) electrons. The number of aromatic hydroxyl groups is 1. The summed E-state index contributed by atoms with van der Waals surface area (Å²) in [6, 6.07) is 2.67. The van der Waals surface area contributed by atoms with Crippen LogP contribution in [-0.2, 0) is 4.74 Å². The lowest BCUT2D eigenvalue weighted by Crippen LogP contribution is -2.14. The molecule has 0 saturated heterocycles. The summed E-state index contributed by atoms with van der Waals surface area (Å²) in [5.41, 5.74) is 0.629. The summed E-state index contributed by atoms with van der Waals surface area (Å²) < 4.78 is 18.2. The zero-order valence-corrected chi connectivity index (χ0v) is 11.3. The van der Waals surface area contributed by atoms with Crippen LogP contribution in [0.1, 0.15) is 38.2 Å².